The third-order valence-corrected chi connectivity index (χ3v) is 2.56. The first kappa shape index (κ1) is 14.9. The van der Waals surface area contributed by atoms with E-state index in [2.05, 4.69) is 0 Å². The zero-order valence-electron chi connectivity index (χ0n) is 9.93. The molecule has 1 unspecified atom stereocenters. The van der Waals surface area contributed by atoms with Gasteiger partial charge in [0.1, 0.15) is 0 Å². The molecule has 0 aromatic carbocycles. The summed E-state index contributed by atoms with van der Waals surface area (Å²) in [6.45, 7) is 4.03. The van der Waals surface area contributed by atoms with Crippen LogP contribution in [-0.4, -0.2) is 34.3 Å². The number of carbonyl (C=O) groups excluding carboxylic acids is 1. The molecule has 5 nitrogen and oxygen atoms in total. The zero-order valence-corrected chi connectivity index (χ0v) is 9.93. The van der Waals surface area contributed by atoms with Gasteiger partial charge in [-0.1, -0.05) is 26.7 Å². The van der Waals surface area contributed by atoms with Crippen LogP contribution in [0.3, 0.4) is 0 Å². The summed E-state index contributed by atoms with van der Waals surface area (Å²) in [6.07, 6.45) is 3.33. The highest BCUT2D eigenvalue weighted by Crippen LogP contribution is 2.19. The topological polar surface area (TPSA) is 77.8 Å². The fourth-order valence-corrected chi connectivity index (χ4v) is 1.72. The van der Waals surface area contributed by atoms with Gasteiger partial charge < -0.3 is 5.11 Å². The first-order chi connectivity index (χ1) is 7.51. The summed E-state index contributed by atoms with van der Waals surface area (Å²) in [5, 5.41) is 18.5. The smallest absolute Gasteiger partial charge is 0.306 e. The Morgan fingerprint density at radius 3 is 2.56 bits per heavy atom. The molecule has 0 aliphatic heterocycles. The number of hydroxylamine groups is 2. The van der Waals surface area contributed by atoms with Gasteiger partial charge in [0.25, 0.3) is 0 Å². The number of hydrogen-bond acceptors (Lipinski definition) is 3. The third kappa shape index (κ3) is 6.40. The number of carboxylic acid groups (broad SMARTS) is 1. The van der Waals surface area contributed by atoms with Crippen LogP contribution in [0.1, 0.15) is 39.5 Å². The number of carboxylic acids is 1. The lowest BCUT2D eigenvalue weighted by molar-refractivity contribution is -0.152. The SMILES string of the molecule is CCCCC(C[C@@H](C)CN(O)C=O)C(=O)O. The summed E-state index contributed by atoms with van der Waals surface area (Å²) >= 11 is 0. The van der Waals surface area contributed by atoms with E-state index in [1.807, 2.05) is 13.8 Å². The van der Waals surface area contributed by atoms with E-state index in [9.17, 15) is 9.59 Å². The molecule has 1 amide bonds. The average molecular weight is 231 g/mol. The van der Waals surface area contributed by atoms with Gasteiger partial charge in [-0.15, -0.1) is 0 Å². The third-order valence-electron chi connectivity index (χ3n) is 2.56. The molecular weight excluding hydrogens is 210 g/mol. The molecule has 0 fully saturated rings. The lowest BCUT2D eigenvalue weighted by atomic mass is 9.91. The highest BCUT2D eigenvalue weighted by atomic mass is 16.5. The van der Waals surface area contributed by atoms with E-state index in [0.29, 0.717) is 24.3 Å². The number of unbranched alkanes of at least 4 members (excludes halogenated alkanes) is 1. The monoisotopic (exact) mass is 231 g/mol. The second-order valence-electron chi connectivity index (χ2n) is 4.25. The van der Waals surface area contributed by atoms with Crippen molar-refractivity contribution in [3.8, 4) is 0 Å². The Bertz CT molecular complexity index is 220. The molecule has 0 spiro atoms. The van der Waals surface area contributed by atoms with E-state index in [1.165, 1.54) is 0 Å². The summed E-state index contributed by atoms with van der Waals surface area (Å²) in [6, 6.07) is 0. The van der Waals surface area contributed by atoms with Crippen LogP contribution in [0.15, 0.2) is 0 Å². The number of hydrogen-bond donors (Lipinski definition) is 2. The van der Waals surface area contributed by atoms with Gasteiger partial charge in [0.05, 0.1) is 12.5 Å². The van der Waals surface area contributed by atoms with E-state index >= 15 is 0 Å². The lowest BCUT2D eigenvalue weighted by Crippen LogP contribution is -2.26. The summed E-state index contributed by atoms with van der Waals surface area (Å²) in [4.78, 5) is 21.1. The van der Waals surface area contributed by atoms with Crippen molar-refractivity contribution in [2.24, 2.45) is 11.8 Å². The summed E-state index contributed by atoms with van der Waals surface area (Å²) in [5.74, 6) is -1.20. The molecule has 0 saturated carbocycles. The minimum atomic E-state index is -0.795. The van der Waals surface area contributed by atoms with Crippen LogP contribution in [-0.2, 0) is 9.59 Å². The summed E-state index contributed by atoms with van der Waals surface area (Å²) in [7, 11) is 0. The fraction of sp³-hybridized carbons (Fsp3) is 0.818. The van der Waals surface area contributed by atoms with Crippen molar-refractivity contribution in [1.29, 1.82) is 0 Å². The first-order valence-electron chi connectivity index (χ1n) is 5.64. The molecule has 16 heavy (non-hydrogen) atoms. The molecule has 2 atom stereocenters. The maximum absolute atomic E-state index is 11.0. The van der Waals surface area contributed by atoms with Crippen molar-refractivity contribution in [3.05, 3.63) is 0 Å². The van der Waals surface area contributed by atoms with Gasteiger partial charge in [-0.2, -0.15) is 0 Å². The predicted molar refractivity (Wildman–Crippen MR) is 59.0 cm³/mol. The van der Waals surface area contributed by atoms with Crippen LogP contribution in [0.2, 0.25) is 0 Å². The Kier molecular flexibility index (Phi) is 7.54. The number of nitrogens with zero attached hydrogens (tertiary/aromatic N) is 1. The normalized spacial score (nSPS) is 14.2. The van der Waals surface area contributed by atoms with Gasteiger partial charge in [0.2, 0.25) is 6.41 Å². The molecule has 0 rings (SSSR count). The van der Waals surface area contributed by atoms with Crippen LogP contribution < -0.4 is 0 Å². The van der Waals surface area contributed by atoms with E-state index < -0.39 is 5.97 Å². The highest BCUT2D eigenvalue weighted by molar-refractivity contribution is 5.69. The molecular formula is C11H21NO4. The Hall–Kier alpha value is -1.10. The Labute approximate surface area is 96.0 Å². The zero-order chi connectivity index (χ0) is 12.6. The van der Waals surface area contributed by atoms with E-state index in [0.717, 1.165) is 12.8 Å². The van der Waals surface area contributed by atoms with Gasteiger partial charge in [-0.3, -0.25) is 14.8 Å². The molecule has 0 saturated heterocycles. The molecule has 5 heteroatoms. The minimum Gasteiger partial charge on any atom is -0.481 e. The van der Waals surface area contributed by atoms with Crippen LogP contribution in [0.5, 0.6) is 0 Å². The summed E-state index contributed by atoms with van der Waals surface area (Å²) in [5.41, 5.74) is 0. The Morgan fingerprint density at radius 1 is 1.50 bits per heavy atom. The van der Waals surface area contributed by atoms with Crippen molar-refractivity contribution < 1.29 is 19.9 Å². The van der Waals surface area contributed by atoms with Gasteiger partial charge in [-0.05, 0) is 18.8 Å². The van der Waals surface area contributed by atoms with Crippen LogP contribution >= 0.6 is 0 Å². The van der Waals surface area contributed by atoms with Crippen molar-refractivity contribution in [1.82, 2.24) is 5.06 Å². The molecule has 0 aromatic heterocycles. The standard InChI is InChI=1S/C11H21NO4/c1-3-4-5-10(11(14)15)6-9(2)7-12(16)8-13/h8-10,16H,3-7H2,1-2H3,(H,14,15)/t9-,10?/m1/s1. The fourth-order valence-electron chi connectivity index (χ4n) is 1.72. The molecule has 0 aliphatic carbocycles. The van der Waals surface area contributed by atoms with Crippen molar-refractivity contribution in [3.63, 3.8) is 0 Å². The maximum Gasteiger partial charge on any atom is 0.306 e. The summed E-state index contributed by atoms with van der Waals surface area (Å²) < 4.78 is 0. The first-order valence-corrected chi connectivity index (χ1v) is 5.64. The lowest BCUT2D eigenvalue weighted by Gasteiger charge is -2.19. The van der Waals surface area contributed by atoms with E-state index in [1.54, 1.807) is 0 Å². The molecule has 94 valence electrons. The Morgan fingerprint density at radius 2 is 2.12 bits per heavy atom. The van der Waals surface area contributed by atoms with Gasteiger partial charge in [-0.25, -0.2) is 5.06 Å². The maximum atomic E-state index is 11.0. The molecule has 0 aliphatic rings. The van der Waals surface area contributed by atoms with Crippen LogP contribution in [0.25, 0.3) is 0 Å². The van der Waals surface area contributed by atoms with Crippen molar-refractivity contribution in [2.45, 2.75) is 39.5 Å². The van der Waals surface area contributed by atoms with Gasteiger partial charge >= 0.3 is 5.97 Å². The average Bonchev–Trinajstić information content (AvgIpc) is 2.23. The number of aliphatic carboxylic acids is 1. The Balaban J connectivity index is 4.06. The van der Waals surface area contributed by atoms with Crippen LogP contribution in [0, 0.1) is 11.8 Å². The van der Waals surface area contributed by atoms with Crippen molar-refractivity contribution in [2.75, 3.05) is 6.54 Å². The van der Waals surface area contributed by atoms with Gasteiger partial charge in [0.15, 0.2) is 0 Å². The van der Waals surface area contributed by atoms with Gasteiger partial charge in [0, 0.05) is 0 Å². The van der Waals surface area contributed by atoms with E-state index in [-0.39, 0.29) is 18.4 Å². The molecule has 2 N–H and O–H groups in total. The highest BCUT2D eigenvalue weighted by Gasteiger charge is 2.20. The molecule has 0 bridgehead atoms. The molecule has 0 radical (unpaired) electrons. The molecule has 0 aromatic rings. The second kappa shape index (κ2) is 8.10. The quantitative estimate of drug-likeness (QED) is 0.360. The predicted octanol–water partition coefficient (Wildman–Crippen LogP) is 1.75. The second-order valence-corrected chi connectivity index (χ2v) is 4.25. The minimum absolute atomic E-state index is 0.0202. The van der Waals surface area contributed by atoms with Crippen LogP contribution in [0.4, 0.5) is 0 Å². The number of carbonyl (C=O) groups is 2. The number of amides is 1. The largest absolute Gasteiger partial charge is 0.481 e. The van der Waals surface area contributed by atoms with Crippen molar-refractivity contribution >= 4 is 12.4 Å². The van der Waals surface area contributed by atoms with E-state index in [4.69, 9.17) is 10.3 Å². The number of rotatable bonds is 9. The molecule has 0 heterocycles.